The molecule has 1 aromatic rings. The molecule has 1 atom stereocenters. The molecule has 0 spiro atoms. The topological polar surface area (TPSA) is 46.4 Å². The maximum Gasteiger partial charge on any atom is 0.272 e. The maximum absolute atomic E-state index is 10.9. The summed E-state index contributed by atoms with van der Waals surface area (Å²) in [6, 6.07) is 5.46. The number of aryl methyl sites for hydroxylation is 1. The fourth-order valence-electron chi connectivity index (χ4n) is 2.57. The SMILES string of the molecule is CSC1CCCCN(c2ccc([N+](=O)[O-])c(C)c2)C1. The van der Waals surface area contributed by atoms with E-state index in [1.165, 1.54) is 19.3 Å². The molecule has 1 aliphatic rings. The van der Waals surface area contributed by atoms with E-state index in [0.717, 1.165) is 24.3 Å². The van der Waals surface area contributed by atoms with Crippen molar-refractivity contribution < 1.29 is 4.92 Å². The van der Waals surface area contributed by atoms with Gasteiger partial charge in [-0.05, 0) is 38.2 Å². The van der Waals surface area contributed by atoms with Crippen molar-refractivity contribution in [2.24, 2.45) is 0 Å². The predicted molar refractivity (Wildman–Crippen MR) is 81.2 cm³/mol. The van der Waals surface area contributed by atoms with Crippen LogP contribution in [0.1, 0.15) is 24.8 Å². The minimum Gasteiger partial charge on any atom is -0.370 e. The third kappa shape index (κ3) is 3.41. The number of hydrogen-bond acceptors (Lipinski definition) is 4. The van der Waals surface area contributed by atoms with Gasteiger partial charge in [-0.2, -0.15) is 11.8 Å². The Bertz CT molecular complexity index is 465. The summed E-state index contributed by atoms with van der Waals surface area (Å²) in [4.78, 5) is 12.9. The first-order valence-corrected chi connectivity index (χ1v) is 7.93. The number of hydrogen-bond donors (Lipinski definition) is 0. The number of nitro groups is 1. The van der Waals surface area contributed by atoms with Crippen molar-refractivity contribution in [2.75, 3.05) is 24.2 Å². The summed E-state index contributed by atoms with van der Waals surface area (Å²) >= 11 is 1.92. The number of anilines is 1. The third-order valence-corrected chi connectivity index (χ3v) is 4.76. The zero-order valence-corrected chi connectivity index (χ0v) is 12.3. The van der Waals surface area contributed by atoms with Crippen LogP contribution in [0.5, 0.6) is 0 Å². The van der Waals surface area contributed by atoms with Gasteiger partial charge in [0.15, 0.2) is 0 Å². The van der Waals surface area contributed by atoms with Crippen molar-refractivity contribution in [2.45, 2.75) is 31.4 Å². The van der Waals surface area contributed by atoms with E-state index < -0.39 is 0 Å². The minimum atomic E-state index is -0.313. The van der Waals surface area contributed by atoms with E-state index in [0.29, 0.717) is 5.25 Å². The quantitative estimate of drug-likeness (QED) is 0.626. The van der Waals surface area contributed by atoms with Crippen LogP contribution in [0.15, 0.2) is 18.2 Å². The van der Waals surface area contributed by atoms with Gasteiger partial charge in [-0.3, -0.25) is 10.1 Å². The summed E-state index contributed by atoms with van der Waals surface area (Å²) in [5.41, 5.74) is 2.07. The van der Waals surface area contributed by atoms with Gasteiger partial charge in [-0.15, -0.1) is 0 Å². The number of nitrogens with zero attached hydrogens (tertiary/aromatic N) is 2. The summed E-state index contributed by atoms with van der Waals surface area (Å²) in [5.74, 6) is 0. The van der Waals surface area contributed by atoms with E-state index in [4.69, 9.17) is 0 Å². The molecule has 0 N–H and O–H groups in total. The van der Waals surface area contributed by atoms with Crippen LogP contribution in [0.25, 0.3) is 0 Å². The highest BCUT2D eigenvalue weighted by atomic mass is 32.2. The normalized spacial score (nSPS) is 20.1. The van der Waals surface area contributed by atoms with E-state index in [9.17, 15) is 10.1 Å². The fourth-order valence-corrected chi connectivity index (χ4v) is 3.30. The van der Waals surface area contributed by atoms with Gasteiger partial charge in [0, 0.05) is 35.7 Å². The molecule has 1 unspecified atom stereocenters. The molecule has 0 aliphatic carbocycles. The van der Waals surface area contributed by atoms with E-state index in [-0.39, 0.29) is 10.6 Å². The largest absolute Gasteiger partial charge is 0.370 e. The zero-order chi connectivity index (χ0) is 13.8. The zero-order valence-electron chi connectivity index (χ0n) is 11.5. The van der Waals surface area contributed by atoms with Crippen LogP contribution in [0.2, 0.25) is 0 Å². The molecule has 0 amide bonds. The average Bonchev–Trinajstić information content (AvgIpc) is 2.63. The number of thioether (sulfide) groups is 1. The lowest BCUT2D eigenvalue weighted by Crippen LogP contribution is -2.29. The Morgan fingerprint density at radius 2 is 2.21 bits per heavy atom. The lowest BCUT2D eigenvalue weighted by Gasteiger charge is -2.26. The van der Waals surface area contributed by atoms with Gasteiger partial charge in [-0.1, -0.05) is 6.42 Å². The lowest BCUT2D eigenvalue weighted by molar-refractivity contribution is -0.385. The molecule has 1 fully saturated rings. The number of nitro benzene ring substituents is 1. The molecule has 1 saturated heterocycles. The predicted octanol–water partition coefficient (Wildman–Crippen LogP) is 3.63. The summed E-state index contributed by atoms with van der Waals surface area (Å²) in [7, 11) is 0. The molecule has 0 radical (unpaired) electrons. The van der Waals surface area contributed by atoms with E-state index in [1.54, 1.807) is 6.07 Å². The Morgan fingerprint density at radius 1 is 1.42 bits per heavy atom. The van der Waals surface area contributed by atoms with Crippen LogP contribution < -0.4 is 4.90 Å². The van der Waals surface area contributed by atoms with Crippen LogP contribution in [-0.4, -0.2) is 29.5 Å². The van der Waals surface area contributed by atoms with Crippen LogP contribution in [0.4, 0.5) is 11.4 Å². The highest BCUT2D eigenvalue weighted by Gasteiger charge is 2.19. The van der Waals surface area contributed by atoms with Crippen molar-refractivity contribution in [1.29, 1.82) is 0 Å². The Hall–Kier alpha value is -1.23. The summed E-state index contributed by atoms with van der Waals surface area (Å²) in [5, 5.41) is 11.5. The minimum absolute atomic E-state index is 0.208. The summed E-state index contributed by atoms with van der Waals surface area (Å²) < 4.78 is 0. The van der Waals surface area contributed by atoms with Crippen molar-refractivity contribution in [3.8, 4) is 0 Å². The smallest absolute Gasteiger partial charge is 0.272 e. The van der Waals surface area contributed by atoms with Crippen LogP contribution in [-0.2, 0) is 0 Å². The maximum atomic E-state index is 10.9. The standard InChI is InChI=1S/C14H20N2O2S/c1-11-9-12(6-7-14(11)16(17)18)15-8-4-3-5-13(10-15)19-2/h6-7,9,13H,3-5,8,10H2,1-2H3. The Labute approximate surface area is 118 Å². The molecule has 0 bridgehead atoms. The monoisotopic (exact) mass is 280 g/mol. The molecule has 104 valence electrons. The van der Waals surface area contributed by atoms with Crippen molar-refractivity contribution >= 4 is 23.1 Å². The molecule has 19 heavy (non-hydrogen) atoms. The van der Waals surface area contributed by atoms with Gasteiger partial charge in [0.05, 0.1) is 4.92 Å². The number of rotatable bonds is 3. The van der Waals surface area contributed by atoms with Gasteiger partial charge in [0.25, 0.3) is 5.69 Å². The Morgan fingerprint density at radius 3 is 2.84 bits per heavy atom. The molecule has 1 aromatic carbocycles. The first-order valence-electron chi connectivity index (χ1n) is 6.64. The third-order valence-electron chi connectivity index (χ3n) is 3.70. The molecule has 0 saturated carbocycles. The van der Waals surface area contributed by atoms with Crippen LogP contribution in [0, 0.1) is 17.0 Å². The van der Waals surface area contributed by atoms with Gasteiger partial charge in [0.2, 0.25) is 0 Å². The lowest BCUT2D eigenvalue weighted by atomic mass is 10.1. The average molecular weight is 280 g/mol. The Kier molecular flexibility index (Phi) is 4.69. The second-order valence-corrected chi connectivity index (χ2v) is 6.17. The molecule has 5 heteroatoms. The highest BCUT2D eigenvalue weighted by Crippen LogP contribution is 2.28. The first kappa shape index (κ1) is 14.2. The van der Waals surface area contributed by atoms with Gasteiger partial charge in [0.1, 0.15) is 0 Å². The van der Waals surface area contributed by atoms with Crippen molar-refractivity contribution in [3.63, 3.8) is 0 Å². The molecule has 1 aliphatic heterocycles. The molecule has 0 aromatic heterocycles. The van der Waals surface area contributed by atoms with Gasteiger partial charge >= 0.3 is 0 Å². The number of benzene rings is 1. The molecule has 4 nitrogen and oxygen atoms in total. The molecule has 1 heterocycles. The van der Waals surface area contributed by atoms with E-state index >= 15 is 0 Å². The fraction of sp³-hybridized carbons (Fsp3) is 0.571. The summed E-state index contributed by atoms with van der Waals surface area (Å²) in [6.07, 6.45) is 5.90. The second-order valence-electron chi connectivity index (χ2n) is 5.03. The van der Waals surface area contributed by atoms with Gasteiger partial charge < -0.3 is 4.90 Å². The van der Waals surface area contributed by atoms with Crippen LogP contribution in [0.3, 0.4) is 0 Å². The van der Waals surface area contributed by atoms with Crippen LogP contribution >= 0.6 is 11.8 Å². The first-order chi connectivity index (χ1) is 9.11. The second kappa shape index (κ2) is 6.28. The molecular weight excluding hydrogens is 260 g/mol. The van der Waals surface area contributed by atoms with Crippen molar-refractivity contribution in [3.05, 3.63) is 33.9 Å². The van der Waals surface area contributed by atoms with Gasteiger partial charge in [-0.25, -0.2) is 0 Å². The molecule has 2 rings (SSSR count). The highest BCUT2D eigenvalue weighted by molar-refractivity contribution is 7.99. The molecular formula is C14H20N2O2S. The van der Waals surface area contributed by atoms with E-state index in [1.807, 2.05) is 30.8 Å². The van der Waals surface area contributed by atoms with Crippen molar-refractivity contribution in [1.82, 2.24) is 0 Å². The van der Waals surface area contributed by atoms with E-state index in [2.05, 4.69) is 11.2 Å². The Balaban J connectivity index is 2.20. The summed E-state index contributed by atoms with van der Waals surface area (Å²) in [6.45, 7) is 3.90.